The number of rotatable bonds is 1. The number of fused-ring (bicyclic) bond motifs is 1. The maximum Gasteiger partial charge on any atom is 0.409 e. The predicted molar refractivity (Wildman–Crippen MR) is 46.0 cm³/mol. The molecular weight excluding hydrogens is 209 g/mol. The van der Waals surface area contributed by atoms with E-state index >= 15 is 0 Å². The zero-order chi connectivity index (χ0) is 11.1. The molecule has 0 saturated heterocycles. The monoisotopic (exact) mass is 216 g/mol. The molecule has 7 heteroatoms. The fraction of sp³-hybridized carbons (Fsp3) is 0.250. The van der Waals surface area contributed by atoms with Gasteiger partial charge in [0.05, 0.1) is 18.1 Å². The third kappa shape index (κ3) is 1.65. The maximum absolute atomic E-state index is 12.4. The van der Waals surface area contributed by atoms with Gasteiger partial charge in [-0.2, -0.15) is 13.2 Å². The second-order valence-electron chi connectivity index (χ2n) is 3.01. The van der Waals surface area contributed by atoms with E-state index in [0.717, 1.165) is 6.20 Å². The van der Waals surface area contributed by atoms with Gasteiger partial charge in [0.25, 0.3) is 0 Å². The molecule has 0 saturated carbocycles. The minimum Gasteiger partial charge on any atom is -0.315 e. The molecule has 0 aliphatic carbocycles. The summed E-state index contributed by atoms with van der Waals surface area (Å²) in [7, 11) is 0. The molecule has 15 heavy (non-hydrogen) atoms. The minimum atomic E-state index is -4.47. The maximum atomic E-state index is 12.4. The zero-order valence-corrected chi connectivity index (χ0v) is 7.44. The van der Waals surface area contributed by atoms with Gasteiger partial charge in [0.1, 0.15) is 6.04 Å². The van der Waals surface area contributed by atoms with Crippen LogP contribution < -0.4 is 5.73 Å². The van der Waals surface area contributed by atoms with Crippen molar-refractivity contribution >= 4 is 5.65 Å². The molecule has 2 aromatic rings. The van der Waals surface area contributed by atoms with Gasteiger partial charge in [-0.3, -0.25) is 9.38 Å². The van der Waals surface area contributed by atoms with Crippen molar-refractivity contribution in [3.63, 3.8) is 0 Å². The van der Waals surface area contributed by atoms with Gasteiger partial charge in [-0.25, -0.2) is 4.98 Å². The van der Waals surface area contributed by atoms with E-state index in [-0.39, 0.29) is 5.69 Å². The highest BCUT2D eigenvalue weighted by Gasteiger charge is 2.39. The van der Waals surface area contributed by atoms with E-state index in [4.69, 9.17) is 5.73 Å². The van der Waals surface area contributed by atoms with Gasteiger partial charge >= 0.3 is 6.18 Å². The largest absolute Gasteiger partial charge is 0.409 e. The van der Waals surface area contributed by atoms with E-state index in [2.05, 4.69) is 9.97 Å². The summed E-state index contributed by atoms with van der Waals surface area (Å²) in [5.74, 6) is 0. The van der Waals surface area contributed by atoms with Crippen molar-refractivity contribution in [3.8, 4) is 0 Å². The van der Waals surface area contributed by atoms with Gasteiger partial charge < -0.3 is 5.73 Å². The molecule has 0 fully saturated rings. The second-order valence-corrected chi connectivity index (χ2v) is 3.01. The molecule has 4 nitrogen and oxygen atoms in total. The summed E-state index contributed by atoms with van der Waals surface area (Å²) in [5.41, 5.74) is 5.32. The SMILES string of the molecule is NC(c1cnc2cnccn12)C(F)(F)F. The van der Waals surface area contributed by atoms with Crippen LogP contribution in [0, 0.1) is 0 Å². The summed E-state index contributed by atoms with van der Waals surface area (Å²) < 4.78 is 38.3. The van der Waals surface area contributed by atoms with Crippen molar-refractivity contribution in [2.75, 3.05) is 0 Å². The Morgan fingerprint density at radius 3 is 2.73 bits per heavy atom. The molecule has 80 valence electrons. The summed E-state index contributed by atoms with van der Waals surface area (Å²) in [6, 6.07) is -2.03. The standard InChI is InChI=1S/C8H7F3N4/c9-8(10,11)7(12)5-3-14-6-4-13-1-2-15(5)6/h1-4,7H,12H2. The quantitative estimate of drug-likeness (QED) is 0.781. The first-order chi connectivity index (χ1) is 7.00. The van der Waals surface area contributed by atoms with E-state index in [9.17, 15) is 13.2 Å². The lowest BCUT2D eigenvalue weighted by Crippen LogP contribution is -2.29. The number of nitrogens with two attached hydrogens (primary N) is 1. The lowest BCUT2D eigenvalue weighted by molar-refractivity contribution is -0.150. The predicted octanol–water partition coefficient (Wildman–Crippen LogP) is 1.29. The van der Waals surface area contributed by atoms with Crippen LogP contribution in [0.25, 0.3) is 5.65 Å². The van der Waals surface area contributed by atoms with Gasteiger partial charge in [0.2, 0.25) is 0 Å². The highest BCUT2D eigenvalue weighted by molar-refractivity contribution is 5.37. The number of aromatic nitrogens is 3. The van der Waals surface area contributed by atoms with Crippen LogP contribution in [0.4, 0.5) is 13.2 Å². The molecule has 0 amide bonds. The van der Waals surface area contributed by atoms with Crippen LogP contribution in [0.15, 0.2) is 24.8 Å². The number of nitrogens with zero attached hydrogens (tertiary/aromatic N) is 3. The number of hydrogen-bond donors (Lipinski definition) is 1. The van der Waals surface area contributed by atoms with Crippen molar-refractivity contribution in [2.45, 2.75) is 12.2 Å². The highest BCUT2D eigenvalue weighted by atomic mass is 19.4. The van der Waals surface area contributed by atoms with Crippen LogP contribution in [-0.2, 0) is 0 Å². The van der Waals surface area contributed by atoms with E-state index < -0.39 is 12.2 Å². The third-order valence-electron chi connectivity index (χ3n) is 2.02. The number of alkyl halides is 3. The minimum absolute atomic E-state index is 0.0973. The third-order valence-corrected chi connectivity index (χ3v) is 2.02. The molecule has 1 unspecified atom stereocenters. The van der Waals surface area contributed by atoms with Gasteiger partial charge in [-0.05, 0) is 0 Å². The number of halogens is 3. The van der Waals surface area contributed by atoms with Gasteiger partial charge in [0.15, 0.2) is 5.65 Å². The molecule has 2 N–H and O–H groups in total. The topological polar surface area (TPSA) is 56.2 Å². The van der Waals surface area contributed by atoms with Gasteiger partial charge in [0, 0.05) is 12.4 Å². The molecule has 2 rings (SSSR count). The summed E-state index contributed by atoms with van der Waals surface area (Å²) in [5, 5.41) is 0. The van der Waals surface area contributed by atoms with Crippen LogP contribution in [0.2, 0.25) is 0 Å². The lowest BCUT2D eigenvalue weighted by atomic mass is 10.2. The summed E-state index contributed by atoms with van der Waals surface area (Å²) in [4.78, 5) is 7.52. The molecule has 0 bridgehead atoms. The Hall–Kier alpha value is -1.63. The molecule has 0 spiro atoms. The van der Waals surface area contributed by atoms with Crippen molar-refractivity contribution in [2.24, 2.45) is 5.73 Å². The summed E-state index contributed by atoms with van der Waals surface area (Å²) >= 11 is 0. The molecule has 2 heterocycles. The van der Waals surface area contributed by atoms with Crippen molar-refractivity contribution < 1.29 is 13.2 Å². The van der Waals surface area contributed by atoms with E-state index in [1.54, 1.807) is 0 Å². The molecule has 0 aliphatic heterocycles. The second kappa shape index (κ2) is 3.20. The number of imidazole rings is 1. The Bertz CT molecular complexity index is 476. The van der Waals surface area contributed by atoms with Crippen LogP contribution in [0.3, 0.4) is 0 Å². The molecule has 2 aromatic heterocycles. The number of hydrogen-bond acceptors (Lipinski definition) is 3. The Morgan fingerprint density at radius 2 is 2.07 bits per heavy atom. The van der Waals surface area contributed by atoms with Crippen LogP contribution >= 0.6 is 0 Å². The van der Waals surface area contributed by atoms with Crippen LogP contribution in [0.5, 0.6) is 0 Å². The van der Waals surface area contributed by atoms with Gasteiger partial charge in [-0.15, -0.1) is 0 Å². The smallest absolute Gasteiger partial charge is 0.315 e. The first-order valence-corrected chi connectivity index (χ1v) is 4.09. The first-order valence-electron chi connectivity index (χ1n) is 4.09. The molecule has 0 aromatic carbocycles. The molecule has 0 radical (unpaired) electrons. The Labute approximate surface area is 82.6 Å². The normalized spacial score (nSPS) is 14.4. The summed E-state index contributed by atoms with van der Waals surface area (Å²) in [6.07, 6.45) is 0.769. The zero-order valence-electron chi connectivity index (χ0n) is 7.44. The molecule has 1 atom stereocenters. The Morgan fingerprint density at radius 1 is 1.33 bits per heavy atom. The fourth-order valence-corrected chi connectivity index (χ4v) is 1.26. The fourth-order valence-electron chi connectivity index (χ4n) is 1.26. The van der Waals surface area contributed by atoms with E-state index in [0.29, 0.717) is 5.65 Å². The van der Waals surface area contributed by atoms with Crippen molar-refractivity contribution in [1.29, 1.82) is 0 Å². The van der Waals surface area contributed by atoms with Crippen molar-refractivity contribution in [1.82, 2.24) is 14.4 Å². The summed E-state index contributed by atoms with van der Waals surface area (Å²) in [6.45, 7) is 0. The average Bonchev–Trinajstić information content (AvgIpc) is 2.58. The highest BCUT2D eigenvalue weighted by Crippen LogP contribution is 2.30. The van der Waals surface area contributed by atoms with Crippen LogP contribution in [-0.4, -0.2) is 20.5 Å². The first kappa shape index (κ1) is 9.91. The van der Waals surface area contributed by atoms with Crippen LogP contribution in [0.1, 0.15) is 11.7 Å². The average molecular weight is 216 g/mol. The Kier molecular flexibility index (Phi) is 2.11. The lowest BCUT2D eigenvalue weighted by Gasteiger charge is -2.14. The molecule has 0 aliphatic rings. The van der Waals surface area contributed by atoms with Crippen molar-refractivity contribution in [3.05, 3.63) is 30.5 Å². The van der Waals surface area contributed by atoms with E-state index in [1.165, 1.54) is 23.0 Å². The van der Waals surface area contributed by atoms with Gasteiger partial charge in [-0.1, -0.05) is 0 Å². The Balaban J connectivity index is 2.53. The van der Waals surface area contributed by atoms with E-state index in [1.807, 2.05) is 0 Å². The molecular formula is C8H7F3N4.